The van der Waals surface area contributed by atoms with Crippen molar-refractivity contribution in [3.63, 3.8) is 0 Å². The highest BCUT2D eigenvalue weighted by Crippen LogP contribution is 2.16. The zero-order valence-corrected chi connectivity index (χ0v) is 8.33. The molecule has 0 amide bonds. The highest BCUT2D eigenvalue weighted by molar-refractivity contribution is 5.81. The van der Waals surface area contributed by atoms with Crippen molar-refractivity contribution < 1.29 is 0 Å². The molecule has 2 rings (SSSR count). The van der Waals surface area contributed by atoms with E-state index in [1.54, 1.807) is 0 Å². The molecule has 1 N–H and O–H groups in total. The van der Waals surface area contributed by atoms with Gasteiger partial charge in [0.05, 0.1) is 5.52 Å². The summed E-state index contributed by atoms with van der Waals surface area (Å²) >= 11 is 0. The predicted molar refractivity (Wildman–Crippen MR) is 59.4 cm³/mol. The van der Waals surface area contributed by atoms with E-state index in [-0.39, 0.29) is 0 Å². The highest BCUT2D eigenvalue weighted by Gasteiger charge is 1.99. The van der Waals surface area contributed by atoms with Crippen LogP contribution < -0.4 is 5.32 Å². The van der Waals surface area contributed by atoms with Gasteiger partial charge in [-0.2, -0.15) is 0 Å². The molecule has 0 fully saturated rings. The lowest BCUT2D eigenvalue weighted by Crippen LogP contribution is -2.10. The van der Waals surface area contributed by atoms with Gasteiger partial charge in [0, 0.05) is 11.6 Å². The fourth-order valence-corrected chi connectivity index (χ4v) is 1.64. The van der Waals surface area contributed by atoms with Crippen LogP contribution >= 0.6 is 0 Å². The van der Waals surface area contributed by atoms with Gasteiger partial charge in [0.15, 0.2) is 0 Å². The maximum atomic E-state index is 4.33. The van der Waals surface area contributed by atoms with Gasteiger partial charge in [-0.1, -0.05) is 18.2 Å². The third-order valence-electron chi connectivity index (χ3n) is 2.38. The second kappa shape index (κ2) is 4.20. The Bertz CT molecular complexity index is 418. The van der Waals surface area contributed by atoms with Crippen LogP contribution in [-0.4, -0.2) is 18.6 Å². The van der Waals surface area contributed by atoms with E-state index < -0.39 is 0 Å². The van der Waals surface area contributed by atoms with E-state index in [1.807, 2.05) is 19.3 Å². The van der Waals surface area contributed by atoms with Crippen LogP contribution in [0.3, 0.4) is 0 Å². The number of hydrogen-bond acceptors (Lipinski definition) is 2. The third kappa shape index (κ3) is 1.75. The topological polar surface area (TPSA) is 24.9 Å². The minimum atomic E-state index is 1.01. The largest absolute Gasteiger partial charge is 0.319 e. The molecule has 2 nitrogen and oxygen atoms in total. The summed E-state index contributed by atoms with van der Waals surface area (Å²) in [5.41, 5.74) is 2.45. The minimum Gasteiger partial charge on any atom is -0.319 e. The van der Waals surface area contributed by atoms with Crippen molar-refractivity contribution in [3.05, 3.63) is 42.1 Å². The minimum absolute atomic E-state index is 1.01. The van der Waals surface area contributed by atoms with Gasteiger partial charge < -0.3 is 5.32 Å². The van der Waals surface area contributed by atoms with Gasteiger partial charge in [-0.15, -0.1) is 0 Å². The number of likely N-dealkylation sites (N-methyl/N-ethyl adjacent to an activating group) is 1. The molecule has 0 atom stereocenters. The van der Waals surface area contributed by atoms with Crippen LogP contribution in [0.1, 0.15) is 5.56 Å². The molecule has 1 aromatic heterocycles. The second-order valence-electron chi connectivity index (χ2n) is 3.34. The van der Waals surface area contributed by atoms with Crippen LogP contribution in [-0.2, 0) is 6.42 Å². The maximum absolute atomic E-state index is 4.33. The van der Waals surface area contributed by atoms with Crippen LogP contribution in [0, 0.1) is 0 Å². The molecule has 0 aliphatic heterocycles. The first-order valence-electron chi connectivity index (χ1n) is 4.89. The van der Waals surface area contributed by atoms with Crippen molar-refractivity contribution >= 4 is 10.9 Å². The average molecular weight is 186 g/mol. The SMILES string of the molecule is CNCCc1cccc2ncccc12. The van der Waals surface area contributed by atoms with Crippen LogP contribution in [0.2, 0.25) is 0 Å². The van der Waals surface area contributed by atoms with Gasteiger partial charge in [-0.25, -0.2) is 0 Å². The molecule has 0 saturated heterocycles. The first-order valence-corrected chi connectivity index (χ1v) is 4.89. The summed E-state index contributed by atoms with van der Waals surface area (Å²) in [6.45, 7) is 1.01. The normalized spacial score (nSPS) is 10.6. The van der Waals surface area contributed by atoms with Crippen LogP contribution in [0.5, 0.6) is 0 Å². The maximum Gasteiger partial charge on any atom is 0.0704 e. The molecule has 2 heteroatoms. The molecular weight excluding hydrogens is 172 g/mol. The number of nitrogens with zero attached hydrogens (tertiary/aromatic N) is 1. The molecule has 1 aromatic carbocycles. The molecule has 0 radical (unpaired) electrons. The second-order valence-corrected chi connectivity index (χ2v) is 3.34. The van der Waals surface area contributed by atoms with E-state index >= 15 is 0 Å². The van der Waals surface area contributed by atoms with E-state index in [1.165, 1.54) is 10.9 Å². The predicted octanol–water partition coefficient (Wildman–Crippen LogP) is 2.00. The van der Waals surface area contributed by atoms with Crippen molar-refractivity contribution in [2.75, 3.05) is 13.6 Å². The fraction of sp³-hybridized carbons (Fsp3) is 0.250. The lowest BCUT2D eigenvalue weighted by atomic mass is 10.1. The Hall–Kier alpha value is -1.41. The van der Waals surface area contributed by atoms with Gasteiger partial charge in [-0.05, 0) is 37.7 Å². The van der Waals surface area contributed by atoms with E-state index in [4.69, 9.17) is 0 Å². The monoisotopic (exact) mass is 186 g/mol. The number of pyridine rings is 1. The van der Waals surface area contributed by atoms with E-state index in [2.05, 4.69) is 34.6 Å². The Morgan fingerprint density at radius 3 is 3.00 bits per heavy atom. The van der Waals surface area contributed by atoms with Gasteiger partial charge in [0.1, 0.15) is 0 Å². The standard InChI is InChI=1S/C12H14N2/c1-13-9-7-10-4-2-6-12-11(10)5-3-8-14-12/h2-6,8,13H,7,9H2,1H3. The van der Waals surface area contributed by atoms with Crippen molar-refractivity contribution in [1.82, 2.24) is 10.3 Å². The number of aromatic nitrogens is 1. The molecule has 72 valence electrons. The molecule has 0 unspecified atom stereocenters. The molecule has 0 aliphatic carbocycles. The number of rotatable bonds is 3. The zero-order chi connectivity index (χ0) is 9.80. The van der Waals surface area contributed by atoms with Gasteiger partial charge in [-0.3, -0.25) is 4.98 Å². The first-order chi connectivity index (χ1) is 6.92. The molecule has 0 bridgehead atoms. The third-order valence-corrected chi connectivity index (χ3v) is 2.38. The summed E-state index contributed by atoms with van der Waals surface area (Å²) < 4.78 is 0. The molecular formula is C12H14N2. The first kappa shape index (κ1) is 9.16. The van der Waals surface area contributed by atoms with Crippen LogP contribution in [0.15, 0.2) is 36.5 Å². The Morgan fingerprint density at radius 1 is 1.21 bits per heavy atom. The fourth-order valence-electron chi connectivity index (χ4n) is 1.64. The Kier molecular flexibility index (Phi) is 2.75. The molecule has 1 heterocycles. The molecule has 14 heavy (non-hydrogen) atoms. The van der Waals surface area contributed by atoms with E-state index in [0.29, 0.717) is 0 Å². The highest BCUT2D eigenvalue weighted by atomic mass is 14.8. The van der Waals surface area contributed by atoms with Crippen molar-refractivity contribution in [3.8, 4) is 0 Å². The zero-order valence-electron chi connectivity index (χ0n) is 8.33. The lowest BCUT2D eigenvalue weighted by molar-refractivity contribution is 0.795. The van der Waals surface area contributed by atoms with Crippen molar-refractivity contribution in [2.24, 2.45) is 0 Å². The lowest BCUT2D eigenvalue weighted by Gasteiger charge is -2.04. The van der Waals surface area contributed by atoms with E-state index in [9.17, 15) is 0 Å². The summed E-state index contributed by atoms with van der Waals surface area (Å²) in [4.78, 5) is 4.33. The number of fused-ring (bicyclic) bond motifs is 1. The molecule has 2 aromatic rings. The Labute approximate surface area is 84.0 Å². The average Bonchev–Trinajstić information content (AvgIpc) is 2.26. The summed E-state index contributed by atoms with van der Waals surface area (Å²) in [5.74, 6) is 0. The number of hydrogen-bond donors (Lipinski definition) is 1. The van der Waals surface area contributed by atoms with Gasteiger partial charge in [0.2, 0.25) is 0 Å². The number of benzene rings is 1. The van der Waals surface area contributed by atoms with Crippen LogP contribution in [0.4, 0.5) is 0 Å². The van der Waals surface area contributed by atoms with Gasteiger partial charge in [0.25, 0.3) is 0 Å². The molecule has 0 saturated carbocycles. The summed E-state index contributed by atoms with van der Waals surface area (Å²) in [7, 11) is 1.98. The Balaban J connectivity index is 2.43. The van der Waals surface area contributed by atoms with Crippen molar-refractivity contribution in [2.45, 2.75) is 6.42 Å². The molecule has 0 aliphatic rings. The van der Waals surface area contributed by atoms with Crippen LogP contribution in [0.25, 0.3) is 10.9 Å². The summed E-state index contributed by atoms with van der Waals surface area (Å²) in [5, 5.41) is 4.43. The van der Waals surface area contributed by atoms with E-state index in [0.717, 1.165) is 18.5 Å². The Morgan fingerprint density at radius 2 is 2.14 bits per heavy atom. The number of nitrogens with one attached hydrogen (secondary N) is 1. The quantitative estimate of drug-likeness (QED) is 0.793. The van der Waals surface area contributed by atoms with Crippen molar-refractivity contribution in [1.29, 1.82) is 0 Å². The summed E-state index contributed by atoms with van der Waals surface area (Å²) in [6, 6.07) is 10.4. The van der Waals surface area contributed by atoms with Gasteiger partial charge >= 0.3 is 0 Å². The summed E-state index contributed by atoms with van der Waals surface area (Å²) in [6.07, 6.45) is 2.89. The molecule has 0 spiro atoms. The smallest absolute Gasteiger partial charge is 0.0704 e.